The molecule has 0 heterocycles. The van der Waals surface area contributed by atoms with Crippen LogP contribution in [-0.4, -0.2) is 11.1 Å². The molecule has 74 valence electrons. The van der Waals surface area contributed by atoms with Gasteiger partial charge < -0.3 is 10.8 Å². The first kappa shape index (κ1) is 10.5. The van der Waals surface area contributed by atoms with Crippen LogP contribution < -0.4 is 5.73 Å². The molecule has 0 fully saturated rings. The van der Waals surface area contributed by atoms with Crippen molar-refractivity contribution < 1.29 is 9.90 Å². The third-order valence-electron chi connectivity index (χ3n) is 2.01. The van der Waals surface area contributed by atoms with E-state index in [1.807, 2.05) is 0 Å². The van der Waals surface area contributed by atoms with Crippen LogP contribution in [0.4, 0.5) is 0 Å². The molecule has 0 amide bonds. The molecule has 1 rings (SSSR count). The minimum atomic E-state index is -0.922. The molecule has 0 unspecified atom stereocenters. The van der Waals surface area contributed by atoms with Gasteiger partial charge in [-0.15, -0.1) is 6.58 Å². The molecule has 1 atom stereocenters. The van der Waals surface area contributed by atoms with E-state index in [2.05, 4.69) is 6.58 Å². The molecule has 0 saturated heterocycles. The van der Waals surface area contributed by atoms with Crippen LogP contribution in [0.2, 0.25) is 0 Å². The second-order valence-electron chi connectivity index (χ2n) is 3.06. The first-order chi connectivity index (χ1) is 6.65. The van der Waals surface area contributed by atoms with Gasteiger partial charge in [0.1, 0.15) is 0 Å². The SMILES string of the molecule is C=CC[C@@H](N)c1ccc(C(=O)O)cc1. The molecule has 0 bridgehead atoms. The average molecular weight is 191 g/mol. The van der Waals surface area contributed by atoms with Crippen molar-refractivity contribution in [2.75, 3.05) is 0 Å². The van der Waals surface area contributed by atoms with Gasteiger partial charge in [-0.1, -0.05) is 18.2 Å². The van der Waals surface area contributed by atoms with Gasteiger partial charge in [0.15, 0.2) is 0 Å². The van der Waals surface area contributed by atoms with E-state index in [4.69, 9.17) is 10.8 Å². The van der Waals surface area contributed by atoms with Crippen LogP contribution in [0.1, 0.15) is 28.4 Å². The Morgan fingerprint density at radius 3 is 2.50 bits per heavy atom. The summed E-state index contributed by atoms with van der Waals surface area (Å²) in [5.41, 5.74) is 7.02. The van der Waals surface area contributed by atoms with Gasteiger partial charge >= 0.3 is 5.97 Å². The van der Waals surface area contributed by atoms with E-state index in [0.29, 0.717) is 6.42 Å². The monoisotopic (exact) mass is 191 g/mol. The summed E-state index contributed by atoms with van der Waals surface area (Å²) < 4.78 is 0. The second-order valence-corrected chi connectivity index (χ2v) is 3.06. The maximum absolute atomic E-state index is 10.6. The maximum atomic E-state index is 10.6. The van der Waals surface area contributed by atoms with Gasteiger partial charge in [0.05, 0.1) is 5.56 Å². The van der Waals surface area contributed by atoms with Crippen LogP contribution in [-0.2, 0) is 0 Å². The van der Waals surface area contributed by atoms with Crippen molar-refractivity contribution in [2.45, 2.75) is 12.5 Å². The third kappa shape index (κ3) is 2.44. The number of carboxylic acid groups (broad SMARTS) is 1. The summed E-state index contributed by atoms with van der Waals surface area (Å²) in [5, 5.41) is 8.67. The Hall–Kier alpha value is -1.61. The molecule has 1 aromatic rings. The first-order valence-electron chi connectivity index (χ1n) is 4.35. The Morgan fingerprint density at radius 2 is 2.07 bits per heavy atom. The molecule has 0 aliphatic carbocycles. The molecule has 0 spiro atoms. The van der Waals surface area contributed by atoms with Gasteiger partial charge in [-0.2, -0.15) is 0 Å². The van der Waals surface area contributed by atoms with Gasteiger partial charge in [0.25, 0.3) is 0 Å². The first-order valence-corrected chi connectivity index (χ1v) is 4.35. The predicted molar refractivity (Wildman–Crippen MR) is 55.1 cm³/mol. The van der Waals surface area contributed by atoms with Gasteiger partial charge in [-0.25, -0.2) is 4.79 Å². The van der Waals surface area contributed by atoms with Crippen molar-refractivity contribution >= 4 is 5.97 Å². The van der Waals surface area contributed by atoms with E-state index in [9.17, 15) is 4.79 Å². The summed E-state index contributed by atoms with van der Waals surface area (Å²) in [6.45, 7) is 3.60. The Bertz CT molecular complexity index is 330. The fourth-order valence-corrected chi connectivity index (χ4v) is 1.19. The number of carbonyl (C=O) groups is 1. The number of aromatic carboxylic acids is 1. The molecule has 3 heteroatoms. The van der Waals surface area contributed by atoms with E-state index >= 15 is 0 Å². The lowest BCUT2D eigenvalue weighted by molar-refractivity contribution is 0.0697. The van der Waals surface area contributed by atoms with Crippen LogP contribution in [0.15, 0.2) is 36.9 Å². The lowest BCUT2D eigenvalue weighted by atomic mass is 10.0. The minimum Gasteiger partial charge on any atom is -0.478 e. The summed E-state index contributed by atoms with van der Waals surface area (Å²) in [6.07, 6.45) is 2.43. The molecule has 14 heavy (non-hydrogen) atoms. The molecule has 3 nitrogen and oxygen atoms in total. The number of hydrogen-bond acceptors (Lipinski definition) is 2. The van der Waals surface area contributed by atoms with Crippen LogP contribution >= 0.6 is 0 Å². The Morgan fingerprint density at radius 1 is 1.50 bits per heavy atom. The second kappa shape index (κ2) is 4.58. The molecule has 1 aromatic carbocycles. The molecular weight excluding hydrogens is 178 g/mol. The van der Waals surface area contributed by atoms with Crippen LogP contribution in [0.25, 0.3) is 0 Å². The Kier molecular flexibility index (Phi) is 3.42. The van der Waals surface area contributed by atoms with Gasteiger partial charge in [-0.3, -0.25) is 0 Å². The predicted octanol–water partition coefficient (Wildman–Crippen LogP) is 1.96. The highest BCUT2D eigenvalue weighted by Crippen LogP contribution is 2.14. The highest BCUT2D eigenvalue weighted by molar-refractivity contribution is 5.87. The quantitative estimate of drug-likeness (QED) is 0.715. The smallest absolute Gasteiger partial charge is 0.335 e. The maximum Gasteiger partial charge on any atom is 0.335 e. The molecule has 0 saturated carbocycles. The van der Waals surface area contributed by atoms with E-state index in [0.717, 1.165) is 5.56 Å². The molecule has 0 radical (unpaired) electrons. The van der Waals surface area contributed by atoms with E-state index in [1.165, 1.54) is 0 Å². The van der Waals surface area contributed by atoms with Crippen molar-refractivity contribution in [1.82, 2.24) is 0 Å². The normalized spacial score (nSPS) is 12.1. The molecule has 0 aromatic heterocycles. The van der Waals surface area contributed by atoms with Crippen molar-refractivity contribution in [3.8, 4) is 0 Å². The Balaban J connectivity index is 2.82. The number of nitrogens with two attached hydrogens (primary N) is 1. The number of carboxylic acids is 1. The lowest BCUT2D eigenvalue weighted by Crippen LogP contribution is -2.09. The zero-order valence-electron chi connectivity index (χ0n) is 7.81. The third-order valence-corrected chi connectivity index (χ3v) is 2.01. The Labute approximate surface area is 82.9 Å². The summed E-state index contributed by atoms with van der Waals surface area (Å²) >= 11 is 0. The fourth-order valence-electron chi connectivity index (χ4n) is 1.19. The van der Waals surface area contributed by atoms with Gasteiger partial charge in [-0.05, 0) is 24.1 Å². The molecule has 0 aliphatic rings. The van der Waals surface area contributed by atoms with Crippen molar-refractivity contribution in [1.29, 1.82) is 0 Å². The van der Waals surface area contributed by atoms with Crippen LogP contribution in [0.3, 0.4) is 0 Å². The highest BCUT2D eigenvalue weighted by atomic mass is 16.4. The zero-order chi connectivity index (χ0) is 10.6. The minimum absolute atomic E-state index is 0.102. The molecular formula is C11H13NO2. The van der Waals surface area contributed by atoms with Crippen molar-refractivity contribution in [2.24, 2.45) is 5.73 Å². The number of benzene rings is 1. The summed E-state index contributed by atoms with van der Waals surface area (Å²) in [7, 11) is 0. The zero-order valence-corrected chi connectivity index (χ0v) is 7.81. The molecule has 0 aliphatic heterocycles. The van der Waals surface area contributed by atoms with E-state index in [-0.39, 0.29) is 11.6 Å². The number of rotatable bonds is 4. The van der Waals surface area contributed by atoms with Crippen LogP contribution in [0.5, 0.6) is 0 Å². The van der Waals surface area contributed by atoms with Gasteiger partial charge in [0.2, 0.25) is 0 Å². The fraction of sp³-hybridized carbons (Fsp3) is 0.182. The largest absolute Gasteiger partial charge is 0.478 e. The molecule has 3 N–H and O–H groups in total. The average Bonchev–Trinajstić information content (AvgIpc) is 2.18. The van der Waals surface area contributed by atoms with Crippen molar-refractivity contribution in [3.05, 3.63) is 48.0 Å². The standard InChI is InChI=1S/C11H13NO2/c1-2-3-10(12)8-4-6-9(7-5-8)11(13)14/h2,4-7,10H,1,3,12H2,(H,13,14)/t10-/m1/s1. The van der Waals surface area contributed by atoms with E-state index in [1.54, 1.807) is 30.3 Å². The van der Waals surface area contributed by atoms with Crippen LogP contribution in [0, 0.1) is 0 Å². The van der Waals surface area contributed by atoms with E-state index < -0.39 is 5.97 Å². The highest BCUT2D eigenvalue weighted by Gasteiger charge is 2.05. The van der Waals surface area contributed by atoms with Crippen molar-refractivity contribution in [3.63, 3.8) is 0 Å². The lowest BCUT2D eigenvalue weighted by Gasteiger charge is -2.08. The summed E-state index contributed by atoms with van der Waals surface area (Å²) in [4.78, 5) is 10.6. The number of hydrogen-bond donors (Lipinski definition) is 2. The van der Waals surface area contributed by atoms with Gasteiger partial charge in [0, 0.05) is 6.04 Å². The topological polar surface area (TPSA) is 63.3 Å². The summed E-state index contributed by atoms with van der Waals surface area (Å²) in [6, 6.07) is 6.48. The summed E-state index contributed by atoms with van der Waals surface area (Å²) in [5.74, 6) is -0.922.